The maximum absolute atomic E-state index is 12.1. The second-order valence-electron chi connectivity index (χ2n) is 6.66. The van der Waals surface area contributed by atoms with E-state index in [4.69, 9.17) is 0 Å². The Hall–Kier alpha value is -3.14. The molecular formula is C23H25N3O. The van der Waals surface area contributed by atoms with Crippen LogP contribution in [-0.2, 0) is 17.6 Å². The fourth-order valence-corrected chi connectivity index (χ4v) is 2.82. The number of rotatable bonds is 8. The fraction of sp³-hybridized carbons (Fsp3) is 0.217. The summed E-state index contributed by atoms with van der Waals surface area (Å²) < 4.78 is 0. The molecule has 0 unspecified atom stereocenters. The summed E-state index contributed by atoms with van der Waals surface area (Å²) in [6.45, 7) is 2.90. The molecule has 2 N–H and O–H groups in total. The first-order valence-electron chi connectivity index (χ1n) is 9.28. The number of pyridine rings is 1. The molecule has 1 aromatic heterocycles. The zero-order valence-electron chi connectivity index (χ0n) is 15.6. The van der Waals surface area contributed by atoms with Crippen molar-refractivity contribution < 1.29 is 4.79 Å². The van der Waals surface area contributed by atoms with Crippen molar-refractivity contribution in [3.8, 4) is 0 Å². The molecule has 2 aromatic carbocycles. The lowest BCUT2D eigenvalue weighted by atomic mass is 10.1. The van der Waals surface area contributed by atoms with Crippen LogP contribution in [0.4, 0.5) is 11.5 Å². The van der Waals surface area contributed by atoms with Crippen LogP contribution in [0.3, 0.4) is 0 Å². The van der Waals surface area contributed by atoms with Gasteiger partial charge in [-0.15, -0.1) is 0 Å². The maximum Gasteiger partial charge on any atom is 0.228 e. The number of aryl methyl sites for hydroxylation is 2. The highest BCUT2D eigenvalue weighted by Crippen LogP contribution is 2.11. The van der Waals surface area contributed by atoms with Crippen LogP contribution in [0, 0.1) is 6.92 Å². The van der Waals surface area contributed by atoms with Crippen LogP contribution in [0.1, 0.15) is 23.1 Å². The molecule has 0 aliphatic carbocycles. The van der Waals surface area contributed by atoms with E-state index in [1.165, 1.54) is 11.1 Å². The summed E-state index contributed by atoms with van der Waals surface area (Å²) in [4.78, 5) is 16.5. The van der Waals surface area contributed by atoms with Crippen molar-refractivity contribution in [2.24, 2.45) is 0 Å². The van der Waals surface area contributed by atoms with Crippen LogP contribution in [0.25, 0.3) is 0 Å². The molecule has 3 rings (SSSR count). The number of hydrogen-bond donors (Lipinski definition) is 2. The number of nitrogens with zero attached hydrogens (tertiary/aromatic N) is 1. The van der Waals surface area contributed by atoms with Crippen molar-refractivity contribution in [2.45, 2.75) is 26.2 Å². The Kier molecular flexibility index (Phi) is 6.58. The van der Waals surface area contributed by atoms with Gasteiger partial charge in [0.25, 0.3) is 0 Å². The average molecular weight is 359 g/mol. The summed E-state index contributed by atoms with van der Waals surface area (Å²) in [5, 5.41) is 6.21. The first-order valence-corrected chi connectivity index (χ1v) is 9.28. The molecule has 1 heterocycles. The molecule has 0 saturated heterocycles. The number of carbonyl (C=O) groups is 1. The van der Waals surface area contributed by atoms with Gasteiger partial charge in [0.15, 0.2) is 0 Å². The molecular weight excluding hydrogens is 334 g/mol. The monoisotopic (exact) mass is 359 g/mol. The lowest BCUT2D eigenvalue weighted by molar-refractivity contribution is -0.115. The summed E-state index contributed by atoms with van der Waals surface area (Å²) in [6, 6.07) is 22.2. The van der Waals surface area contributed by atoms with Gasteiger partial charge in [-0.3, -0.25) is 4.79 Å². The maximum atomic E-state index is 12.1. The van der Waals surface area contributed by atoms with E-state index < -0.39 is 0 Å². The van der Waals surface area contributed by atoms with Crippen LogP contribution < -0.4 is 10.6 Å². The van der Waals surface area contributed by atoms with E-state index in [9.17, 15) is 4.79 Å². The third kappa shape index (κ3) is 6.26. The molecule has 0 saturated carbocycles. The predicted octanol–water partition coefficient (Wildman–Crippen LogP) is 4.62. The topological polar surface area (TPSA) is 54.0 Å². The lowest BCUT2D eigenvalue weighted by Gasteiger charge is -2.08. The number of aromatic nitrogens is 1. The average Bonchev–Trinajstić information content (AvgIpc) is 2.69. The first-order chi connectivity index (χ1) is 13.2. The van der Waals surface area contributed by atoms with Gasteiger partial charge < -0.3 is 10.6 Å². The molecule has 0 atom stereocenters. The Labute approximate surface area is 160 Å². The van der Waals surface area contributed by atoms with Crippen molar-refractivity contribution in [1.29, 1.82) is 0 Å². The van der Waals surface area contributed by atoms with E-state index in [0.29, 0.717) is 12.1 Å². The summed E-state index contributed by atoms with van der Waals surface area (Å²) in [5.74, 6) is 0.781. The number of nitrogens with one attached hydrogen (secondary N) is 2. The third-order valence-corrected chi connectivity index (χ3v) is 4.32. The van der Waals surface area contributed by atoms with Gasteiger partial charge in [0.05, 0.1) is 18.3 Å². The molecule has 138 valence electrons. The van der Waals surface area contributed by atoms with Crippen molar-refractivity contribution in [2.75, 3.05) is 17.2 Å². The molecule has 0 fully saturated rings. The highest BCUT2D eigenvalue weighted by Gasteiger charge is 2.05. The number of benzene rings is 2. The quantitative estimate of drug-likeness (QED) is 0.577. The largest absolute Gasteiger partial charge is 0.370 e. The molecule has 1 amide bonds. The third-order valence-electron chi connectivity index (χ3n) is 4.32. The number of anilines is 2. The van der Waals surface area contributed by atoms with Gasteiger partial charge in [0.2, 0.25) is 5.91 Å². The van der Waals surface area contributed by atoms with Crippen molar-refractivity contribution in [3.63, 3.8) is 0 Å². The van der Waals surface area contributed by atoms with E-state index >= 15 is 0 Å². The summed E-state index contributed by atoms with van der Waals surface area (Å²) in [6.07, 6.45) is 4.13. The first kappa shape index (κ1) is 18.6. The molecule has 0 spiro atoms. The highest BCUT2D eigenvalue weighted by atomic mass is 16.1. The summed E-state index contributed by atoms with van der Waals surface area (Å²) in [5.41, 5.74) is 4.25. The molecule has 4 nitrogen and oxygen atoms in total. The van der Waals surface area contributed by atoms with Gasteiger partial charge in [0, 0.05) is 6.54 Å². The minimum Gasteiger partial charge on any atom is -0.370 e. The van der Waals surface area contributed by atoms with Crippen molar-refractivity contribution >= 4 is 17.4 Å². The molecule has 27 heavy (non-hydrogen) atoms. The molecule has 0 radical (unpaired) electrons. The second kappa shape index (κ2) is 9.53. The Bertz CT molecular complexity index is 843. The van der Waals surface area contributed by atoms with Gasteiger partial charge in [-0.05, 0) is 43.0 Å². The zero-order valence-corrected chi connectivity index (χ0v) is 15.6. The van der Waals surface area contributed by atoms with Crippen LogP contribution in [0.2, 0.25) is 0 Å². The van der Waals surface area contributed by atoms with Gasteiger partial charge >= 0.3 is 0 Å². The second-order valence-corrected chi connectivity index (χ2v) is 6.66. The normalized spacial score (nSPS) is 10.4. The van der Waals surface area contributed by atoms with Gasteiger partial charge in [-0.25, -0.2) is 4.98 Å². The van der Waals surface area contributed by atoms with E-state index in [-0.39, 0.29) is 5.91 Å². The fourth-order valence-electron chi connectivity index (χ4n) is 2.82. The molecule has 0 aliphatic heterocycles. The highest BCUT2D eigenvalue weighted by molar-refractivity contribution is 5.92. The molecule has 4 heteroatoms. The minimum atomic E-state index is -0.0378. The minimum absolute atomic E-state index is 0.0378. The molecule has 0 aliphatic rings. The van der Waals surface area contributed by atoms with Crippen LogP contribution in [0.5, 0.6) is 0 Å². The standard InChI is InChI=1S/C23H25N3O/c1-18-9-11-20(12-10-18)16-23(27)26-21-13-14-22(25-17-21)24-15-5-8-19-6-3-2-4-7-19/h2-4,6-7,9-14,17H,5,8,15-16H2,1H3,(H,24,25)(H,26,27). The predicted molar refractivity (Wildman–Crippen MR) is 111 cm³/mol. The SMILES string of the molecule is Cc1ccc(CC(=O)Nc2ccc(NCCCc3ccccc3)nc2)cc1. The summed E-state index contributed by atoms with van der Waals surface area (Å²) >= 11 is 0. The molecule has 3 aromatic rings. The van der Waals surface area contributed by atoms with E-state index in [0.717, 1.165) is 30.8 Å². The van der Waals surface area contributed by atoms with Gasteiger partial charge in [-0.1, -0.05) is 60.2 Å². The number of hydrogen-bond acceptors (Lipinski definition) is 3. The van der Waals surface area contributed by atoms with Crippen molar-refractivity contribution in [3.05, 3.63) is 89.6 Å². The zero-order chi connectivity index (χ0) is 18.9. The van der Waals surface area contributed by atoms with Gasteiger partial charge in [0.1, 0.15) is 5.82 Å². The number of amides is 1. The Morgan fingerprint density at radius 2 is 1.70 bits per heavy atom. The lowest BCUT2D eigenvalue weighted by Crippen LogP contribution is -2.14. The van der Waals surface area contributed by atoms with E-state index in [2.05, 4.69) is 39.9 Å². The molecule has 0 bridgehead atoms. The summed E-state index contributed by atoms with van der Waals surface area (Å²) in [7, 11) is 0. The smallest absolute Gasteiger partial charge is 0.228 e. The van der Waals surface area contributed by atoms with E-state index in [1.54, 1.807) is 6.20 Å². The van der Waals surface area contributed by atoms with Gasteiger partial charge in [-0.2, -0.15) is 0 Å². The Balaban J connectivity index is 1.41. The Morgan fingerprint density at radius 3 is 2.41 bits per heavy atom. The van der Waals surface area contributed by atoms with Crippen LogP contribution in [-0.4, -0.2) is 17.4 Å². The van der Waals surface area contributed by atoms with E-state index in [1.807, 2.05) is 49.4 Å². The van der Waals surface area contributed by atoms with Crippen molar-refractivity contribution in [1.82, 2.24) is 4.98 Å². The van der Waals surface area contributed by atoms with Crippen LogP contribution in [0.15, 0.2) is 72.9 Å². The number of carbonyl (C=O) groups excluding carboxylic acids is 1. The Morgan fingerprint density at radius 1 is 0.926 bits per heavy atom. The van der Waals surface area contributed by atoms with Crippen LogP contribution >= 0.6 is 0 Å².